The van der Waals surface area contributed by atoms with Crippen LogP contribution in [0.4, 0.5) is 0 Å². The number of hydrogen-bond donors (Lipinski definition) is 0. The van der Waals surface area contributed by atoms with Crippen molar-refractivity contribution in [1.29, 1.82) is 5.26 Å². The SMILES string of the molecule is N#Cc1ccc2c(c1)OC(CN1CCC(CCN3CCOCC3=O)CC1)CO2. The van der Waals surface area contributed by atoms with Crippen LogP contribution in [0.5, 0.6) is 11.5 Å². The molecule has 0 bridgehead atoms. The summed E-state index contributed by atoms with van der Waals surface area (Å²) in [5, 5.41) is 9.05. The number of benzene rings is 1. The first kappa shape index (κ1) is 19.0. The summed E-state index contributed by atoms with van der Waals surface area (Å²) in [5.41, 5.74) is 0.586. The van der Waals surface area contributed by atoms with Crippen molar-refractivity contribution in [2.75, 3.05) is 52.5 Å². The minimum atomic E-state index is -0.0102. The molecule has 1 atom stereocenters. The standard InChI is InChI=1S/C21H27N3O4/c22-12-17-1-2-19-20(11-17)28-18(14-27-19)13-23-6-3-16(4-7-23)5-8-24-9-10-26-15-21(24)25/h1-2,11,16,18H,3-10,13-15H2. The molecule has 3 aliphatic heterocycles. The first-order chi connectivity index (χ1) is 13.7. The minimum absolute atomic E-state index is 0.0102. The molecule has 0 spiro atoms. The number of amides is 1. The van der Waals surface area contributed by atoms with E-state index in [1.807, 2.05) is 4.90 Å². The molecular weight excluding hydrogens is 358 g/mol. The van der Waals surface area contributed by atoms with Gasteiger partial charge in [0, 0.05) is 25.7 Å². The Balaban J connectivity index is 1.20. The average molecular weight is 385 g/mol. The third kappa shape index (κ3) is 4.57. The van der Waals surface area contributed by atoms with E-state index < -0.39 is 0 Å². The third-order valence-corrected chi connectivity index (χ3v) is 5.85. The van der Waals surface area contributed by atoms with E-state index in [9.17, 15) is 4.79 Å². The lowest BCUT2D eigenvalue weighted by Gasteiger charge is -2.36. The second-order valence-electron chi connectivity index (χ2n) is 7.79. The number of rotatable bonds is 5. The van der Waals surface area contributed by atoms with Crippen molar-refractivity contribution in [2.45, 2.75) is 25.4 Å². The number of fused-ring (bicyclic) bond motifs is 1. The van der Waals surface area contributed by atoms with Gasteiger partial charge in [0.25, 0.3) is 0 Å². The van der Waals surface area contributed by atoms with Crippen molar-refractivity contribution in [3.05, 3.63) is 23.8 Å². The molecule has 28 heavy (non-hydrogen) atoms. The van der Waals surface area contributed by atoms with Crippen LogP contribution in [0.2, 0.25) is 0 Å². The number of ether oxygens (including phenoxy) is 3. The molecule has 1 amide bonds. The van der Waals surface area contributed by atoms with E-state index in [0.717, 1.165) is 52.0 Å². The monoisotopic (exact) mass is 385 g/mol. The molecule has 0 N–H and O–H groups in total. The Morgan fingerprint density at radius 1 is 1.18 bits per heavy atom. The fourth-order valence-electron chi connectivity index (χ4n) is 4.15. The van der Waals surface area contributed by atoms with Crippen LogP contribution in [0.1, 0.15) is 24.8 Å². The van der Waals surface area contributed by atoms with Crippen molar-refractivity contribution < 1.29 is 19.0 Å². The van der Waals surface area contributed by atoms with Crippen LogP contribution in [0.25, 0.3) is 0 Å². The summed E-state index contributed by atoms with van der Waals surface area (Å²) in [6.45, 7) is 5.95. The quantitative estimate of drug-likeness (QED) is 0.767. The van der Waals surface area contributed by atoms with Crippen LogP contribution < -0.4 is 9.47 Å². The largest absolute Gasteiger partial charge is 0.486 e. The summed E-state index contributed by atoms with van der Waals surface area (Å²) in [6, 6.07) is 7.44. The van der Waals surface area contributed by atoms with Crippen LogP contribution in [-0.4, -0.2) is 74.4 Å². The van der Waals surface area contributed by atoms with Crippen LogP contribution in [0.15, 0.2) is 18.2 Å². The van der Waals surface area contributed by atoms with Crippen molar-refractivity contribution >= 4 is 5.91 Å². The molecule has 0 aliphatic carbocycles. The highest BCUT2D eigenvalue weighted by Gasteiger charge is 2.27. The van der Waals surface area contributed by atoms with E-state index in [-0.39, 0.29) is 18.6 Å². The maximum Gasteiger partial charge on any atom is 0.248 e. The van der Waals surface area contributed by atoms with Crippen LogP contribution in [0.3, 0.4) is 0 Å². The second kappa shape index (κ2) is 8.80. The number of nitrogens with zero attached hydrogens (tertiary/aromatic N) is 3. The summed E-state index contributed by atoms with van der Waals surface area (Å²) in [4.78, 5) is 16.2. The lowest BCUT2D eigenvalue weighted by atomic mass is 9.93. The lowest BCUT2D eigenvalue weighted by Crippen LogP contribution is -2.45. The third-order valence-electron chi connectivity index (χ3n) is 5.85. The molecule has 7 heteroatoms. The number of carbonyl (C=O) groups is 1. The van der Waals surface area contributed by atoms with E-state index in [4.69, 9.17) is 19.5 Å². The van der Waals surface area contributed by atoms with Gasteiger partial charge in [0.1, 0.15) is 19.3 Å². The van der Waals surface area contributed by atoms with Crippen molar-refractivity contribution in [3.8, 4) is 17.6 Å². The maximum absolute atomic E-state index is 11.8. The van der Waals surface area contributed by atoms with E-state index >= 15 is 0 Å². The zero-order chi connectivity index (χ0) is 19.3. The zero-order valence-corrected chi connectivity index (χ0v) is 16.1. The van der Waals surface area contributed by atoms with Crippen LogP contribution in [-0.2, 0) is 9.53 Å². The van der Waals surface area contributed by atoms with Crippen LogP contribution in [0, 0.1) is 17.2 Å². The summed E-state index contributed by atoms with van der Waals surface area (Å²) in [5.74, 6) is 2.18. The molecule has 3 aliphatic rings. The number of piperidine rings is 1. The van der Waals surface area contributed by atoms with Gasteiger partial charge in [-0.15, -0.1) is 0 Å². The zero-order valence-electron chi connectivity index (χ0n) is 16.1. The molecule has 4 rings (SSSR count). The highest BCUT2D eigenvalue weighted by Crippen LogP contribution is 2.33. The number of hydrogen-bond acceptors (Lipinski definition) is 6. The van der Waals surface area contributed by atoms with Gasteiger partial charge < -0.3 is 19.1 Å². The molecule has 7 nitrogen and oxygen atoms in total. The van der Waals surface area contributed by atoms with Crippen molar-refractivity contribution in [3.63, 3.8) is 0 Å². The summed E-state index contributed by atoms with van der Waals surface area (Å²) in [7, 11) is 0. The molecule has 2 saturated heterocycles. The minimum Gasteiger partial charge on any atom is -0.486 e. The molecule has 150 valence electrons. The number of carbonyl (C=O) groups excluding carboxylic acids is 1. The van der Waals surface area contributed by atoms with Crippen molar-refractivity contribution in [2.24, 2.45) is 5.92 Å². The first-order valence-electron chi connectivity index (χ1n) is 10.1. The predicted molar refractivity (Wildman–Crippen MR) is 102 cm³/mol. The molecule has 0 aromatic heterocycles. The molecule has 1 aromatic carbocycles. The van der Waals surface area contributed by atoms with Gasteiger partial charge in [0.05, 0.1) is 18.2 Å². The predicted octanol–water partition coefficient (Wildman–Crippen LogP) is 1.66. The Hall–Kier alpha value is -2.30. The Kier molecular flexibility index (Phi) is 5.98. The van der Waals surface area contributed by atoms with Gasteiger partial charge >= 0.3 is 0 Å². The topological polar surface area (TPSA) is 75.0 Å². The van der Waals surface area contributed by atoms with E-state index in [2.05, 4.69) is 11.0 Å². The molecule has 2 fully saturated rings. The Labute approximate surface area is 165 Å². The van der Waals surface area contributed by atoms with Gasteiger partial charge in [-0.3, -0.25) is 9.69 Å². The fraction of sp³-hybridized carbons (Fsp3) is 0.619. The van der Waals surface area contributed by atoms with Gasteiger partial charge in [-0.2, -0.15) is 5.26 Å². The first-order valence-corrected chi connectivity index (χ1v) is 10.1. The molecule has 1 unspecified atom stereocenters. The van der Waals surface area contributed by atoms with Gasteiger partial charge in [0.15, 0.2) is 11.5 Å². The average Bonchev–Trinajstić information content (AvgIpc) is 2.73. The summed E-state index contributed by atoms with van der Waals surface area (Å²) in [6.07, 6.45) is 3.37. The van der Waals surface area contributed by atoms with Crippen molar-refractivity contribution in [1.82, 2.24) is 9.80 Å². The van der Waals surface area contributed by atoms with Gasteiger partial charge in [-0.05, 0) is 50.4 Å². The summed E-state index contributed by atoms with van der Waals surface area (Å²) < 4.78 is 17.1. The normalized spacial score (nSPS) is 23.5. The number of nitriles is 1. The highest BCUT2D eigenvalue weighted by atomic mass is 16.6. The molecule has 3 heterocycles. The Morgan fingerprint density at radius 3 is 2.82 bits per heavy atom. The van der Waals surface area contributed by atoms with E-state index in [0.29, 0.717) is 36.2 Å². The van der Waals surface area contributed by atoms with Gasteiger partial charge in [0.2, 0.25) is 5.91 Å². The highest BCUT2D eigenvalue weighted by molar-refractivity contribution is 5.77. The Bertz CT molecular complexity index is 740. The molecular formula is C21H27N3O4. The second-order valence-corrected chi connectivity index (χ2v) is 7.79. The number of morpholine rings is 1. The van der Waals surface area contributed by atoms with Gasteiger partial charge in [-0.1, -0.05) is 0 Å². The lowest BCUT2D eigenvalue weighted by molar-refractivity contribution is -0.142. The maximum atomic E-state index is 11.8. The van der Waals surface area contributed by atoms with E-state index in [1.165, 1.54) is 0 Å². The summed E-state index contributed by atoms with van der Waals surface area (Å²) >= 11 is 0. The Morgan fingerprint density at radius 2 is 2.04 bits per heavy atom. The number of likely N-dealkylation sites (tertiary alicyclic amines) is 1. The fourth-order valence-corrected chi connectivity index (χ4v) is 4.15. The van der Waals surface area contributed by atoms with Crippen LogP contribution >= 0.6 is 0 Å². The van der Waals surface area contributed by atoms with Gasteiger partial charge in [-0.25, -0.2) is 0 Å². The molecule has 0 radical (unpaired) electrons. The smallest absolute Gasteiger partial charge is 0.248 e. The molecule has 1 aromatic rings. The van der Waals surface area contributed by atoms with E-state index in [1.54, 1.807) is 18.2 Å². The molecule has 0 saturated carbocycles.